The molecule has 0 aliphatic carbocycles. The Morgan fingerprint density at radius 1 is 1.24 bits per heavy atom. The Labute approximate surface area is 100 Å². The summed E-state index contributed by atoms with van der Waals surface area (Å²) in [6.45, 7) is 0.627. The summed E-state index contributed by atoms with van der Waals surface area (Å²) in [5.74, 6) is 2.06. The zero-order valence-electron chi connectivity index (χ0n) is 9.47. The molecule has 86 valence electrons. The average molecular weight is 226 g/mol. The topological polar surface area (TPSA) is 48.1 Å². The Hall–Kier alpha value is -1.87. The largest absolute Gasteiger partial charge is 0.455 e. The van der Waals surface area contributed by atoms with Gasteiger partial charge in [-0.15, -0.1) is 0 Å². The molecule has 3 heteroatoms. The minimum atomic E-state index is 0.315. The van der Waals surface area contributed by atoms with Gasteiger partial charge in [-0.1, -0.05) is 18.2 Å². The van der Waals surface area contributed by atoms with E-state index in [4.69, 9.17) is 10.5 Å². The van der Waals surface area contributed by atoms with E-state index in [1.54, 1.807) is 12.4 Å². The Balaban J connectivity index is 2.13. The second-order valence-electron chi connectivity index (χ2n) is 4.26. The number of ether oxygens (including phenoxy) is 1. The Bertz CT molecular complexity index is 539. The molecule has 17 heavy (non-hydrogen) atoms. The summed E-state index contributed by atoms with van der Waals surface area (Å²) in [5.41, 5.74) is 8.23. The van der Waals surface area contributed by atoms with E-state index in [9.17, 15) is 0 Å². The van der Waals surface area contributed by atoms with Gasteiger partial charge in [-0.05, 0) is 36.2 Å². The third-order valence-electron chi connectivity index (χ3n) is 3.20. The van der Waals surface area contributed by atoms with Crippen LogP contribution in [0.1, 0.15) is 17.0 Å². The molecule has 0 radical (unpaired) electrons. The Kier molecular flexibility index (Phi) is 2.53. The minimum absolute atomic E-state index is 0.315. The van der Waals surface area contributed by atoms with Crippen LogP contribution in [-0.2, 0) is 6.42 Å². The van der Waals surface area contributed by atoms with Gasteiger partial charge in [0, 0.05) is 12.1 Å². The maximum atomic E-state index is 5.92. The normalized spacial score (nSPS) is 17.6. The highest BCUT2D eigenvalue weighted by Crippen LogP contribution is 2.38. The van der Waals surface area contributed by atoms with Gasteiger partial charge in [0.2, 0.25) is 0 Å². The maximum Gasteiger partial charge on any atom is 0.148 e. The van der Waals surface area contributed by atoms with Crippen LogP contribution in [0.5, 0.6) is 11.5 Å². The number of aromatic nitrogens is 1. The number of fused-ring (bicyclic) bond motifs is 2. The van der Waals surface area contributed by atoms with Crippen LogP contribution in [0.25, 0.3) is 0 Å². The standard InChI is InChI=1S/C14H14N2O/c15-8-11-7-10-5-6-16-9-14(10)17-13-4-2-1-3-12(11)13/h1-6,9,11H,7-8,15H2. The molecule has 1 aromatic heterocycles. The van der Waals surface area contributed by atoms with Gasteiger partial charge in [-0.2, -0.15) is 0 Å². The predicted molar refractivity (Wildman–Crippen MR) is 66.3 cm³/mol. The fraction of sp³-hybridized carbons (Fsp3) is 0.214. The van der Waals surface area contributed by atoms with E-state index in [1.807, 2.05) is 24.3 Å². The van der Waals surface area contributed by atoms with Gasteiger partial charge in [-0.3, -0.25) is 4.98 Å². The molecular formula is C14H14N2O. The molecule has 0 fully saturated rings. The number of rotatable bonds is 1. The molecule has 0 saturated carbocycles. The third-order valence-corrected chi connectivity index (χ3v) is 3.20. The lowest BCUT2D eigenvalue weighted by Crippen LogP contribution is -2.14. The van der Waals surface area contributed by atoms with E-state index in [0.29, 0.717) is 12.5 Å². The number of hydrogen-bond acceptors (Lipinski definition) is 3. The van der Waals surface area contributed by atoms with Crippen molar-refractivity contribution in [3.05, 3.63) is 53.9 Å². The molecule has 2 heterocycles. The van der Waals surface area contributed by atoms with E-state index in [1.165, 1.54) is 11.1 Å². The molecular weight excluding hydrogens is 212 g/mol. The molecule has 0 saturated heterocycles. The lowest BCUT2D eigenvalue weighted by Gasteiger charge is -2.13. The van der Waals surface area contributed by atoms with Gasteiger partial charge >= 0.3 is 0 Å². The van der Waals surface area contributed by atoms with Crippen LogP contribution in [0.2, 0.25) is 0 Å². The second-order valence-corrected chi connectivity index (χ2v) is 4.26. The zero-order chi connectivity index (χ0) is 11.7. The number of pyridine rings is 1. The smallest absolute Gasteiger partial charge is 0.148 e. The van der Waals surface area contributed by atoms with Gasteiger partial charge in [0.15, 0.2) is 0 Å². The first-order valence-corrected chi connectivity index (χ1v) is 5.78. The summed E-state index contributed by atoms with van der Waals surface area (Å²) in [6.07, 6.45) is 4.47. The summed E-state index contributed by atoms with van der Waals surface area (Å²) < 4.78 is 5.92. The summed E-state index contributed by atoms with van der Waals surface area (Å²) in [7, 11) is 0. The fourth-order valence-electron chi connectivity index (χ4n) is 2.28. The van der Waals surface area contributed by atoms with Crippen molar-refractivity contribution in [2.75, 3.05) is 6.54 Å². The van der Waals surface area contributed by atoms with Gasteiger partial charge < -0.3 is 10.5 Å². The molecule has 1 aliphatic heterocycles. The first kappa shape index (κ1) is 10.3. The highest BCUT2D eigenvalue weighted by Gasteiger charge is 2.21. The number of nitrogens with two attached hydrogens (primary N) is 1. The molecule has 3 nitrogen and oxygen atoms in total. The van der Waals surface area contributed by atoms with E-state index < -0.39 is 0 Å². The van der Waals surface area contributed by atoms with Crippen LogP contribution in [-0.4, -0.2) is 11.5 Å². The van der Waals surface area contributed by atoms with E-state index in [0.717, 1.165) is 17.9 Å². The van der Waals surface area contributed by atoms with Crippen LogP contribution < -0.4 is 10.5 Å². The monoisotopic (exact) mass is 226 g/mol. The van der Waals surface area contributed by atoms with Crippen molar-refractivity contribution in [3.8, 4) is 11.5 Å². The van der Waals surface area contributed by atoms with Crippen LogP contribution >= 0.6 is 0 Å². The minimum Gasteiger partial charge on any atom is -0.455 e. The van der Waals surface area contributed by atoms with Gasteiger partial charge in [0.05, 0.1) is 6.20 Å². The average Bonchev–Trinajstić information content (AvgIpc) is 2.54. The molecule has 1 aliphatic rings. The van der Waals surface area contributed by atoms with Crippen molar-refractivity contribution in [2.45, 2.75) is 12.3 Å². The van der Waals surface area contributed by atoms with Crippen molar-refractivity contribution in [3.63, 3.8) is 0 Å². The molecule has 0 spiro atoms. The lowest BCUT2D eigenvalue weighted by molar-refractivity contribution is 0.476. The first-order chi connectivity index (χ1) is 8.38. The number of benzene rings is 1. The van der Waals surface area contributed by atoms with Crippen molar-refractivity contribution in [1.29, 1.82) is 0 Å². The lowest BCUT2D eigenvalue weighted by atomic mass is 9.92. The molecule has 3 rings (SSSR count). The highest BCUT2D eigenvalue weighted by atomic mass is 16.5. The fourth-order valence-corrected chi connectivity index (χ4v) is 2.28. The van der Waals surface area contributed by atoms with Crippen molar-refractivity contribution in [1.82, 2.24) is 4.98 Å². The maximum absolute atomic E-state index is 5.92. The van der Waals surface area contributed by atoms with E-state index >= 15 is 0 Å². The number of hydrogen-bond donors (Lipinski definition) is 1. The van der Waals surface area contributed by atoms with Crippen LogP contribution in [0.15, 0.2) is 42.7 Å². The quantitative estimate of drug-likeness (QED) is 0.812. The number of para-hydroxylation sites is 1. The summed E-state index contributed by atoms with van der Waals surface area (Å²) in [5, 5.41) is 0. The highest BCUT2D eigenvalue weighted by molar-refractivity contribution is 5.45. The second kappa shape index (κ2) is 4.18. The van der Waals surface area contributed by atoms with Gasteiger partial charge in [0.25, 0.3) is 0 Å². The van der Waals surface area contributed by atoms with Crippen LogP contribution in [0.4, 0.5) is 0 Å². The summed E-state index contributed by atoms with van der Waals surface area (Å²) >= 11 is 0. The molecule has 0 amide bonds. The number of nitrogens with zero attached hydrogens (tertiary/aromatic N) is 1. The van der Waals surface area contributed by atoms with E-state index in [-0.39, 0.29) is 0 Å². The molecule has 2 N–H and O–H groups in total. The van der Waals surface area contributed by atoms with Crippen LogP contribution in [0.3, 0.4) is 0 Å². The Morgan fingerprint density at radius 3 is 3.00 bits per heavy atom. The zero-order valence-corrected chi connectivity index (χ0v) is 9.47. The first-order valence-electron chi connectivity index (χ1n) is 5.78. The molecule has 0 bridgehead atoms. The Morgan fingerprint density at radius 2 is 2.12 bits per heavy atom. The third kappa shape index (κ3) is 1.78. The summed E-state index contributed by atoms with van der Waals surface area (Å²) in [4.78, 5) is 4.11. The SMILES string of the molecule is NCC1Cc2ccncc2Oc2ccccc21. The molecule has 2 aromatic rings. The van der Waals surface area contributed by atoms with Crippen LogP contribution in [0, 0.1) is 0 Å². The van der Waals surface area contributed by atoms with Crippen molar-refractivity contribution >= 4 is 0 Å². The molecule has 1 aromatic carbocycles. The predicted octanol–water partition coefficient (Wildman–Crippen LogP) is 2.47. The summed E-state index contributed by atoms with van der Waals surface area (Å²) in [6, 6.07) is 10.1. The molecule has 1 atom stereocenters. The molecule has 1 unspecified atom stereocenters. The van der Waals surface area contributed by atoms with Gasteiger partial charge in [-0.25, -0.2) is 0 Å². The van der Waals surface area contributed by atoms with Crippen molar-refractivity contribution in [2.24, 2.45) is 5.73 Å². The van der Waals surface area contributed by atoms with Crippen molar-refractivity contribution < 1.29 is 4.74 Å². The van der Waals surface area contributed by atoms with E-state index in [2.05, 4.69) is 11.1 Å². The van der Waals surface area contributed by atoms with Gasteiger partial charge in [0.1, 0.15) is 11.5 Å².